The lowest BCUT2D eigenvalue weighted by Crippen LogP contribution is -2.48. The molecule has 182 valence electrons. The zero-order valence-electron chi connectivity index (χ0n) is 20.3. The predicted octanol–water partition coefficient (Wildman–Crippen LogP) is 4.05. The molecule has 2 aromatic carbocycles. The van der Waals surface area contributed by atoms with Crippen LogP contribution in [-0.2, 0) is 9.59 Å². The number of benzene rings is 2. The lowest BCUT2D eigenvalue weighted by molar-refractivity contribution is -0.139. The maximum atomic E-state index is 13.7. The summed E-state index contributed by atoms with van der Waals surface area (Å²) in [4.78, 5) is 46.4. The average molecular weight is 473 g/mol. The van der Waals surface area contributed by atoms with Crippen molar-refractivity contribution in [2.24, 2.45) is 5.92 Å². The number of fused-ring (bicyclic) bond motifs is 1. The number of hydrogen-bond donors (Lipinski definition) is 2. The van der Waals surface area contributed by atoms with Crippen molar-refractivity contribution in [1.29, 1.82) is 0 Å². The molecule has 3 aromatic rings. The third kappa shape index (κ3) is 5.45. The van der Waals surface area contributed by atoms with Crippen LogP contribution in [0.4, 0.5) is 0 Å². The molecule has 1 fully saturated rings. The van der Waals surface area contributed by atoms with Crippen molar-refractivity contribution in [2.75, 3.05) is 26.2 Å². The SMILES string of the molecule is CCN(CC)C(=O)C1CCCN(C(=O)C(=Cc2c[nH]c3ccccc23)NC(=O)c2ccccc2)C1. The number of para-hydroxylation sites is 1. The fourth-order valence-electron chi connectivity index (χ4n) is 4.63. The van der Waals surface area contributed by atoms with Crippen LogP contribution >= 0.6 is 0 Å². The van der Waals surface area contributed by atoms with Crippen LogP contribution in [0.2, 0.25) is 0 Å². The molecule has 7 heteroatoms. The molecule has 7 nitrogen and oxygen atoms in total. The highest BCUT2D eigenvalue weighted by atomic mass is 16.2. The maximum Gasteiger partial charge on any atom is 0.270 e. The molecule has 1 unspecified atom stereocenters. The first-order chi connectivity index (χ1) is 17.0. The second-order valence-corrected chi connectivity index (χ2v) is 8.77. The van der Waals surface area contributed by atoms with Crippen LogP contribution in [-0.4, -0.2) is 58.7 Å². The summed E-state index contributed by atoms with van der Waals surface area (Å²) >= 11 is 0. The molecule has 0 radical (unpaired) electrons. The molecule has 1 atom stereocenters. The highest BCUT2D eigenvalue weighted by molar-refractivity contribution is 6.06. The van der Waals surface area contributed by atoms with Gasteiger partial charge in [0.2, 0.25) is 5.91 Å². The summed E-state index contributed by atoms with van der Waals surface area (Å²) in [5.41, 5.74) is 2.42. The van der Waals surface area contributed by atoms with E-state index in [1.807, 2.05) is 55.3 Å². The summed E-state index contributed by atoms with van der Waals surface area (Å²) in [6.07, 6.45) is 5.06. The van der Waals surface area contributed by atoms with Crippen LogP contribution in [0.15, 0.2) is 66.5 Å². The number of carbonyl (C=O) groups excluding carboxylic acids is 3. The lowest BCUT2D eigenvalue weighted by atomic mass is 9.96. The molecular formula is C28H32N4O3. The van der Waals surface area contributed by atoms with E-state index in [0.717, 1.165) is 29.3 Å². The smallest absolute Gasteiger partial charge is 0.270 e. The van der Waals surface area contributed by atoms with Gasteiger partial charge in [0.15, 0.2) is 0 Å². The number of rotatable bonds is 7. The number of aromatic amines is 1. The van der Waals surface area contributed by atoms with Crippen LogP contribution in [0, 0.1) is 5.92 Å². The fraction of sp³-hybridized carbons (Fsp3) is 0.321. The number of likely N-dealkylation sites (tertiary alicyclic amines) is 1. The first kappa shape index (κ1) is 24.3. The van der Waals surface area contributed by atoms with Gasteiger partial charge in [-0.15, -0.1) is 0 Å². The standard InChI is InChI=1S/C28H32N4O3/c1-3-31(4-2)27(34)21-13-10-16-32(19-21)28(35)25(30-26(33)20-11-6-5-7-12-20)17-22-18-29-24-15-9-8-14-23(22)24/h5-9,11-12,14-15,17-18,21,29H,3-4,10,13,16,19H2,1-2H3,(H,30,33). The molecule has 0 saturated carbocycles. The monoisotopic (exact) mass is 472 g/mol. The number of aromatic nitrogens is 1. The van der Waals surface area contributed by atoms with E-state index in [2.05, 4.69) is 10.3 Å². The fourth-order valence-corrected chi connectivity index (χ4v) is 4.63. The van der Waals surface area contributed by atoms with Gasteiger partial charge in [-0.2, -0.15) is 0 Å². The van der Waals surface area contributed by atoms with E-state index >= 15 is 0 Å². The van der Waals surface area contributed by atoms with E-state index in [-0.39, 0.29) is 29.3 Å². The van der Waals surface area contributed by atoms with Crippen LogP contribution < -0.4 is 5.32 Å². The van der Waals surface area contributed by atoms with Crippen molar-refractivity contribution in [3.8, 4) is 0 Å². The van der Waals surface area contributed by atoms with E-state index in [4.69, 9.17) is 0 Å². The lowest BCUT2D eigenvalue weighted by Gasteiger charge is -2.35. The van der Waals surface area contributed by atoms with Crippen LogP contribution in [0.1, 0.15) is 42.6 Å². The first-order valence-electron chi connectivity index (χ1n) is 12.2. The van der Waals surface area contributed by atoms with E-state index in [1.54, 1.807) is 35.2 Å². The van der Waals surface area contributed by atoms with Gasteiger partial charge in [-0.1, -0.05) is 36.4 Å². The zero-order chi connectivity index (χ0) is 24.8. The minimum absolute atomic E-state index is 0.0861. The average Bonchev–Trinajstić information content (AvgIpc) is 3.31. The number of hydrogen-bond acceptors (Lipinski definition) is 3. The topological polar surface area (TPSA) is 85.5 Å². The van der Waals surface area contributed by atoms with Crippen LogP contribution in [0.5, 0.6) is 0 Å². The molecule has 4 rings (SSSR count). The summed E-state index contributed by atoms with van der Waals surface area (Å²) < 4.78 is 0. The molecule has 35 heavy (non-hydrogen) atoms. The molecule has 3 amide bonds. The molecule has 1 aliphatic rings. The van der Waals surface area contributed by atoms with Gasteiger partial charge in [-0.25, -0.2) is 0 Å². The summed E-state index contributed by atoms with van der Waals surface area (Å²) in [7, 11) is 0. The van der Waals surface area contributed by atoms with Gasteiger partial charge in [0.1, 0.15) is 5.70 Å². The number of nitrogens with zero attached hydrogens (tertiary/aromatic N) is 2. The number of carbonyl (C=O) groups is 3. The summed E-state index contributed by atoms with van der Waals surface area (Å²) in [5, 5.41) is 3.80. The van der Waals surface area contributed by atoms with Gasteiger partial charge in [-0.3, -0.25) is 14.4 Å². The molecule has 0 spiro atoms. The van der Waals surface area contributed by atoms with Crippen molar-refractivity contribution in [1.82, 2.24) is 20.1 Å². The Morgan fingerprint density at radius 2 is 1.77 bits per heavy atom. The quantitative estimate of drug-likeness (QED) is 0.509. The Morgan fingerprint density at radius 3 is 2.51 bits per heavy atom. The molecule has 0 aliphatic carbocycles. The van der Waals surface area contributed by atoms with Crippen molar-refractivity contribution in [2.45, 2.75) is 26.7 Å². The largest absolute Gasteiger partial charge is 0.361 e. The van der Waals surface area contributed by atoms with Gasteiger partial charge < -0.3 is 20.1 Å². The Labute approximate surface area is 205 Å². The zero-order valence-corrected chi connectivity index (χ0v) is 20.3. The third-order valence-electron chi connectivity index (χ3n) is 6.57. The normalized spacial score (nSPS) is 16.2. The highest BCUT2D eigenvalue weighted by Crippen LogP contribution is 2.23. The van der Waals surface area contributed by atoms with Gasteiger partial charge in [0.05, 0.1) is 5.92 Å². The highest BCUT2D eigenvalue weighted by Gasteiger charge is 2.32. The number of piperidine rings is 1. The molecule has 2 N–H and O–H groups in total. The summed E-state index contributed by atoms with van der Waals surface area (Å²) in [6, 6.07) is 16.6. The second kappa shape index (κ2) is 11.0. The Hall–Kier alpha value is -3.87. The van der Waals surface area contributed by atoms with E-state index in [1.165, 1.54) is 0 Å². The van der Waals surface area contributed by atoms with E-state index in [0.29, 0.717) is 31.7 Å². The van der Waals surface area contributed by atoms with Crippen molar-refractivity contribution < 1.29 is 14.4 Å². The molecule has 1 aromatic heterocycles. The first-order valence-corrected chi connectivity index (χ1v) is 12.2. The van der Waals surface area contributed by atoms with Gasteiger partial charge in [0.25, 0.3) is 11.8 Å². The van der Waals surface area contributed by atoms with Crippen molar-refractivity contribution in [3.63, 3.8) is 0 Å². The van der Waals surface area contributed by atoms with Gasteiger partial charge >= 0.3 is 0 Å². The number of nitrogens with one attached hydrogen (secondary N) is 2. The molecule has 1 aliphatic heterocycles. The molecule has 2 heterocycles. The van der Waals surface area contributed by atoms with Gasteiger partial charge in [-0.05, 0) is 51.0 Å². The summed E-state index contributed by atoms with van der Waals surface area (Å²) in [6.45, 7) is 6.13. The van der Waals surface area contributed by atoms with Crippen LogP contribution in [0.25, 0.3) is 17.0 Å². The van der Waals surface area contributed by atoms with E-state index < -0.39 is 0 Å². The Morgan fingerprint density at radius 1 is 1.06 bits per heavy atom. The predicted molar refractivity (Wildman–Crippen MR) is 137 cm³/mol. The van der Waals surface area contributed by atoms with E-state index in [9.17, 15) is 14.4 Å². The Bertz CT molecular complexity index is 1230. The molecular weight excluding hydrogens is 440 g/mol. The van der Waals surface area contributed by atoms with Crippen LogP contribution in [0.3, 0.4) is 0 Å². The molecule has 0 bridgehead atoms. The summed E-state index contributed by atoms with van der Waals surface area (Å²) in [5.74, 6) is -0.774. The maximum absolute atomic E-state index is 13.7. The Kier molecular flexibility index (Phi) is 7.65. The number of amides is 3. The van der Waals surface area contributed by atoms with Crippen molar-refractivity contribution in [3.05, 3.63) is 77.6 Å². The third-order valence-corrected chi connectivity index (χ3v) is 6.57. The van der Waals surface area contributed by atoms with Crippen molar-refractivity contribution >= 4 is 34.7 Å². The van der Waals surface area contributed by atoms with Gasteiger partial charge in [0, 0.05) is 54.4 Å². The number of H-pyrrole nitrogens is 1. The Balaban J connectivity index is 1.63. The second-order valence-electron chi connectivity index (χ2n) is 8.77. The minimum atomic E-state index is -0.349. The molecule has 1 saturated heterocycles. The minimum Gasteiger partial charge on any atom is -0.361 e.